The molecule has 0 N–H and O–H groups in total. The van der Waals surface area contributed by atoms with Crippen molar-refractivity contribution in [2.24, 2.45) is 0 Å². The van der Waals surface area contributed by atoms with Crippen LogP contribution in [0.1, 0.15) is 36.6 Å². The number of hydrogen-bond acceptors (Lipinski definition) is 0. The van der Waals surface area contributed by atoms with Crippen LogP contribution in [-0.2, 0) is 0 Å². The van der Waals surface area contributed by atoms with E-state index in [4.69, 9.17) is 0 Å². The number of hydrogen-bond donors (Lipinski definition) is 0. The highest BCUT2D eigenvalue weighted by Crippen LogP contribution is 2.43. The Balaban J connectivity index is 1.96. The number of aromatic nitrogens is 1. The van der Waals surface area contributed by atoms with Crippen LogP contribution in [0.5, 0.6) is 0 Å². The molecule has 0 unspecified atom stereocenters. The van der Waals surface area contributed by atoms with Gasteiger partial charge in [0, 0.05) is 11.2 Å². The summed E-state index contributed by atoms with van der Waals surface area (Å²) in [6.07, 6.45) is 1.21. The summed E-state index contributed by atoms with van der Waals surface area (Å²) in [7, 11) is 0. The smallest absolute Gasteiger partial charge is 0.0595 e. The second kappa shape index (κ2) is 3.99. The van der Waals surface area contributed by atoms with Gasteiger partial charge < -0.3 is 4.57 Å². The van der Waals surface area contributed by atoms with Crippen molar-refractivity contribution < 1.29 is 0 Å². The molecule has 0 radical (unpaired) electrons. The monoisotopic (exact) mass is 247 g/mol. The van der Waals surface area contributed by atoms with Crippen LogP contribution in [0.2, 0.25) is 0 Å². The zero-order chi connectivity index (χ0) is 12.8. The predicted octanol–water partition coefficient (Wildman–Crippen LogP) is 4.74. The van der Waals surface area contributed by atoms with E-state index in [-0.39, 0.29) is 0 Å². The van der Waals surface area contributed by atoms with Gasteiger partial charge in [-0.1, -0.05) is 55.5 Å². The van der Waals surface area contributed by atoms with E-state index in [9.17, 15) is 0 Å². The number of fused-ring (bicyclic) bond motifs is 3. The lowest BCUT2D eigenvalue weighted by atomic mass is 9.98. The molecule has 0 amide bonds. The van der Waals surface area contributed by atoms with Crippen molar-refractivity contribution in [3.05, 3.63) is 71.9 Å². The Morgan fingerprint density at radius 2 is 1.68 bits per heavy atom. The molecule has 1 aliphatic heterocycles. The summed E-state index contributed by atoms with van der Waals surface area (Å²) < 4.78 is 2.54. The Kier molecular flexibility index (Phi) is 2.28. The van der Waals surface area contributed by atoms with Crippen molar-refractivity contribution in [2.75, 3.05) is 0 Å². The molecule has 2 atom stereocenters. The van der Waals surface area contributed by atoms with Gasteiger partial charge in [0.2, 0.25) is 0 Å². The lowest BCUT2D eigenvalue weighted by Gasteiger charge is -2.15. The van der Waals surface area contributed by atoms with Crippen LogP contribution >= 0.6 is 0 Å². The summed E-state index contributed by atoms with van der Waals surface area (Å²) in [5.74, 6) is 0.637. The summed E-state index contributed by atoms with van der Waals surface area (Å²) in [5.41, 5.74) is 4.28. The van der Waals surface area contributed by atoms with Crippen LogP contribution in [0, 0.1) is 0 Å². The maximum Gasteiger partial charge on any atom is 0.0595 e. The SMILES string of the molecule is C[C@@H]1C[C@H](c2ccccc2)n2c1cc1ccccc12. The van der Waals surface area contributed by atoms with Gasteiger partial charge in [0.1, 0.15) is 0 Å². The maximum atomic E-state index is 2.54. The minimum Gasteiger partial charge on any atom is -0.337 e. The van der Waals surface area contributed by atoms with Gasteiger partial charge in [-0.2, -0.15) is 0 Å². The zero-order valence-corrected chi connectivity index (χ0v) is 11.1. The normalized spacial score (nSPS) is 21.7. The fraction of sp³-hybridized carbons (Fsp3) is 0.222. The predicted molar refractivity (Wildman–Crippen MR) is 79.6 cm³/mol. The van der Waals surface area contributed by atoms with Gasteiger partial charge in [0.05, 0.1) is 6.04 Å². The molecule has 0 fully saturated rings. The van der Waals surface area contributed by atoms with Crippen molar-refractivity contribution >= 4 is 10.9 Å². The zero-order valence-electron chi connectivity index (χ0n) is 11.1. The molecule has 4 rings (SSSR count). The number of rotatable bonds is 1. The molecule has 94 valence electrons. The van der Waals surface area contributed by atoms with Crippen LogP contribution in [0.25, 0.3) is 10.9 Å². The Labute approximate surface area is 113 Å². The van der Waals surface area contributed by atoms with E-state index in [0.29, 0.717) is 12.0 Å². The molecule has 2 aromatic carbocycles. The first-order valence-electron chi connectivity index (χ1n) is 6.99. The highest BCUT2D eigenvalue weighted by atomic mass is 15.1. The molecule has 0 saturated carbocycles. The van der Waals surface area contributed by atoms with Gasteiger partial charge in [-0.3, -0.25) is 0 Å². The Hall–Kier alpha value is -2.02. The first kappa shape index (κ1) is 10.9. The van der Waals surface area contributed by atoms with E-state index in [1.54, 1.807) is 0 Å². The quantitative estimate of drug-likeness (QED) is 0.585. The molecule has 1 nitrogen and oxygen atoms in total. The molecular weight excluding hydrogens is 230 g/mol. The molecule has 19 heavy (non-hydrogen) atoms. The molecule has 2 heterocycles. The van der Waals surface area contributed by atoms with E-state index in [0.717, 1.165) is 0 Å². The van der Waals surface area contributed by atoms with E-state index >= 15 is 0 Å². The second-order valence-electron chi connectivity index (χ2n) is 5.56. The summed E-state index contributed by atoms with van der Waals surface area (Å²) in [4.78, 5) is 0. The average Bonchev–Trinajstić information content (AvgIpc) is 2.98. The molecule has 1 aromatic heterocycles. The van der Waals surface area contributed by atoms with Crippen molar-refractivity contribution in [2.45, 2.75) is 25.3 Å². The summed E-state index contributed by atoms with van der Waals surface area (Å²) in [6.45, 7) is 2.34. The third kappa shape index (κ3) is 1.54. The standard InChI is InChI=1S/C18H17N/c1-13-11-18(14-7-3-2-4-8-14)19-16-10-6-5-9-15(16)12-17(13)19/h2-10,12-13,18H,11H2,1H3/t13-,18-/m1/s1. The molecule has 1 heteroatoms. The van der Waals surface area contributed by atoms with Gasteiger partial charge in [-0.05, 0) is 35.4 Å². The molecule has 1 aliphatic rings. The van der Waals surface area contributed by atoms with Gasteiger partial charge in [0.15, 0.2) is 0 Å². The third-order valence-corrected chi connectivity index (χ3v) is 4.36. The van der Waals surface area contributed by atoms with Crippen molar-refractivity contribution in [1.29, 1.82) is 0 Å². The Morgan fingerprint density at radius 3 is 2.53 bits per heavy atom. The lowest BCUT2D eigenvalue weighted by Crippen LogP contribution is -2.04. The lowest BCUT2D eigenvalue weighted by molar-refractivity contribution is 0.609. The summed E-state index contributed by atoms with van der Waals surface area (Å²) in [6, 6.07) is 22.5. The molecule has 0 saturated heterocycles. The maximum absolute atomic E-state index is 2.54. The second-order valence-corrected chi connectivity index (χ2v) is 5.56. The topological polar surface area (TPSA) is 4.93 Å². The number of para-hydroxylation sites is 1. The highest BCUT2D eigenvalue weighted by molar-refractivity contribution is 5.82. The number of nitrogens with zero attached hydrogens (tertiary/aromatic N) is 1. The molecule has 3 aromatic rings. The first-order valence-corrected chi connectivity index (χ1v) is 6.99. The summed E-state index contributed by atoms with van der Waals surface area (Å²) >= 11 is 0. The van der Waals surface area contributed by atoms with Crippen LogP contribution in [0.4, 0.5) is 0 Å². The van der Waals surface area contributed by atoms with E-state index in [1.165, 1.54) is 28.6 Å². The Morgan fingerprint density at radius 1 is 0.947 bits per heavy atom. The van der Waals surface area contributed by atoms with Crippen molar-refractivity contribution in [1.82, 2.24) is 4.57 Å². The molecule has 0 aliphatic carbocycles. The molecule has 0 spiro atoms. The average molecular weight is 247 g/mol. The van der Waals surface area contributed by atoms with E-state index in [1.807, 2.05) is 0 Å². The van der Waals surface area contributed by atoms with Crippen LogP contribution in [0.3, 0.4) is 0 Å². The minimum atomic E-state index is 0.492. The van der Waals surface area contributed by atoms with Gasteiger partial charge in [-0.25, -0.2) is 0 Å². The van der Waals surface area contributed by atoms with Crippen LogP contribution < -0.4 is 0 Å². The highest BCUT2D eigenvalue weighted by Gasteiger charge is 2.30. The largest absolute Gasteiger partial charge is 0.337 e. The van der Waals surface area contributed by atoms with Gasteiger partial charge in [0.25, 0.3) is 0 Å². The first-order chi connectivity index (χ1) is 9.34. The third-order valence-electron chi connectivity index (χ3n) is 4.36. The van der Waals surface area contributed by atoms with Gasteiger partial charge >= 0.3 is 0 Å². The van der Waals surface area contributed by atoms with Gasteiger partial charge in [-0.15, -0.1) is 0 Å². The van der Waals surface area contributed by atoms with Crippen molar-refractivity contribution in [3.63, 3.8) is 0 Å². The molecular formula is C18H17N. The van der Waals surface area contributed by atoms with Crippen LogP contribution in [-0.4, -0.2) is 4.57 Å². The van der Waals surface area contributed by atoms with E-state index < -0.39 is 0 Å². The van der Waals surface area contributed by atoms with E-state index in [2.05, 4.69) is 72.2 Å². The fourth-order valence-electron chi connectivity index (χ4n) is 3.45. The minimum absolute atomic E-state index is 0.492. The van der Waals surface area contributed by atoms with Crippen LogP contribution in [0.15, 0.2) is 60.7 Å². The molecule has 0 bridgehead atoms. The fourth-order valence-corrected chi connectivity index (χ4v) is 3.45. The Bertz CT molecular complexity index is 724. The van der Waals surface area contributed by atoms with Crippen molar-refractivity contribution in [3.8, 4) is 0 Å². The summed E-state index contributed by atoms with van der Waals surface area (Å²) in [5, 5.41) is 1.37. The number of benzene rings is 2.